The van der Waals surface area contributed by atoms with Gasteiger partial charge in [0.25, 0.3) is 5.56 Å². The first-order valence-electron chi connectivity index (χ1n) is 6.78. The van der Waals surface area contributed by atoms with E-state index >= 15 is 0 Å². The molecule has 0 unspecified atom stereocenters. The molecule has 3 aromatic heterocycles. The average molecular weight is 341 g/mol. The van der Waals surface area contributed by atoms with E-state index in [2.05, 4.69) is 15.1 Å². The zero-order chi connectivity index (χ0) is 15.8. The molecular formula is C16H9ClN4OS. The molecule has 112 valence electrons. The van der Waals surface area contributed by atoms with Crippen LogP contribution in [-0.2, 0) is 0 Å². The topological polar surface area (TPSA) is 60.2 Å². The summed E-state index contributed by atoms with van der Waals surface area (Å²) < 4.78 is 1.89. The molecule has 0 N–H and O–H groups in total. The molecule has 23 heavy (non-hydrogen) atoms. The predicted molar refractivity (Wildman–Crippen MR) is 90.6 cm³/mol. The van der Waals surface area contributed by atoms with Crippen LogP contribution in [0, 0.1) is 0 Å². The van der Waals surface area contributed by atoms with Crippen LogP contribution in [0.2, 0.25) is 5.02 Å². The van der Waals surface area contributed by atoms with Crippen molar-refractivity contribution in [3.8, 4) is 11.4 Å². The SMILES string of the molecule is O=c1/c(=C/c2cccc(Cl)c2)sc2nc(-c3cccnc3)nn12. The van der Waals surface area contributed by atoms with Gasteiger partial charge in [0.2, 0.25) is 4.96 Å². The summed E-state index contributed by atoms with van der Waals surface area (Å²) >= 11 is 7.26. The fourth-order valence-electron chi connectivity index (χ4n) is 2.20. The maximum Gasteiger partial charge on any atom is 0.291 e. The highest BCUT2D eigenvalue weighted by Crippen LogP contribution is 2.15. The van der Waals surface area contributed by atoms with Crippen molar-refractivity contribution in [3.05, 3.63) is 74.3 Å². The van der Waals surface area contributed by atoms with Crippen LogP contribution in [-0.4, -0.2) is 19.6 Å². The number of hydrogen-bond acceptors (Lipinski definition) is 5. The fraction of sp³-hybridized carbons (Fsp3) is 0. The molecule has 7 heteroatoms. The Morgan fingerprint density at radius 1 is 1.22 bits per heavy atom. The molecule has 0 atom stereocenters. The van der Waals surface area contributed by atoms with Crippen LogP contribution in [0.15, 0.2) is 53.6 Å². The average Bonchev–Trinajstić information content (AvgIpc) is 3.09. The summed E-state index contributed by atoms with van der Waals surface area (Å²) in [7, 11) is 0. The number of pyridine rings is 1. The zero-order valence-electron chi connectivity index (χ0n) is 11.7. The van der Waals surface area contributed by atoms with Gasteiger partial charge in [0, 0.05) is 23.0 Å². The van der Waals surface area contributed by atoms with E-state index in [1.54, 1.807) is 36.7 Å². The maximum absolute atomic E-state index is 12.5. The summed E-state index contributed by atoms with van der Waals surface area (Å²) in [5.41, 5.74) is 1.46. The number of hydrogen-bond donors (Lipinski definition) is 0. The van der Waals surface area contributed by atoms with Gasteiger partial charge in [-0.2, -0.15) is 9.50 Å². The first kappa shape index (κ1) is 14.0. The number of aromatic nitrogens is 4. The zero-order valence-corrected chi connectivity index (χ0v) is 13.3. The summed E-state index contributed by atoms with van der Waals surface area (Å²) in [4.78, 5) is 21.5. The van der Waals surface area contributed by atoms with Crippen LogP contribution >= 0.6 is 22.9 Å². The van der Waals surface area contributed by atoms with Crippen molar-refractivity contribution in [1.29, 1.82) is 0 Å². The Labute approximate surface area is 139 Å². The summed E-state index contributed by atoms with van der Waals surface area (Å²) in [6.45, 7) is 0. The molecule has 5 nitrogen and oxygen atoms in total. The molecule has 0 bridgehead atoms. The molecule has 3 heterocycles. The summed E-state index contributed by atoms with van der Waals surface area (Å²) in [6, 6.07) is 11.0. The summed E-state index contributed by atoms with van der Waals surface area (Å²) in [6.07, 6.45) is 5.14. The molecule has 0 radical (unpaired) electrons. The molecule has 0 spiro atoms. The largest absolute Gasteiger partial charge is 0.291 e. The van der Waals surface area contributed by atoms with E-state index in [-0.39, 0.29) is 5.56 Å². The molecule has 4 rings (SSSR count). The van der Waals surface area contributed by atoms with Crippen LogP contribution in [0.5, 0.6) is 0 Å². The highest BCUT2D eigenvalue weighted by Gasteiger charge is 2.11. The Morgan fingerprint density at radius 2 is 2.13 bits per heavy atom. The molecule has 0 aliphatic rings. The van der Waals surface area contributed by atoms with E-state index in [0.29, 0.717) is 20.3 Å². The van der Waals surface area contributed by atoms with Crippen LogP contribution < -0.4 is 10.1 Å². The standard InChI is InChI=1S/C16H9ClN4OS/c17-12-5-1-3-10(7-12)8-13-15(22)21-16(23-13)19-14(20-21)11-4-2-6-18-9-11/h1-9H/b13-8-. The van der Waals surface area contributed by atoms with Crippen molar-refractivity contribution in [2.45, 2.75) is 0 Å². The maximum atomic E-state index is 12.5. The lowest BCUT2D eigenvalue weighted by Crippen LogP contribution is -2.23. The third-order valence-electron chi connectivity index (χ3n) is 3.25. The molecule has 0 fully saturated rings. The number of rotatable bonds is 2. The quantitative estimate of drug-likeness (QED) is 0.562. The molecule has 0 amide bonds. The van der Waals surface area contributed by atoms with Gasteiger partial charge in [0.05, 0.1) is 4.53 Å². The Kier molecular flexibility index (Phi) is 3.40. The second kappa shape index (κ2) is 5.57. The number of halogens is 1. The van der Waals surface area contributed by atoms with Crippen molar-refractivity contribution < 1.29 is 0 Å². The van der Waals surface area contributed by atoms with Gasteiger partial charge in [-0.05, 0) is 35.9 Å². The van der Waals surface area contributed by atoms with Gasteiger partial charge < -0.3 is 0 Å². The predicted octanol–water partition coefficient (Wildman–Crippen LogP) is 2.41. The summed E-state index contributed by atoms with van der Waals surface area (Å²) in [5.74, 6) is 0.496. The minimum Gasteiger partial charge on any atom is -0.266 e. The number of nitrogens with zero attached hydrogens (tertiary/aromatic N) is 4. The minimum atomic E-state index is -0.187. The van der Waals surface area contributed by atoms with E-state index in [1.807, 2.05) is 18.2 Å². The van der Waals surface area contributed by atoms with Gasteiger partial charge in [0.15, 0.2) is 5.82 Å². The normalized spacial score (nSPS) is 12.1. The van der Waals surface area contributed by atoms with Gasteiger partial charge >= 0.3 is 0 Å². The van der Waals surface area contributed by atoms with E-state index in [1.165, 1.54) is 15.9 Å². The fourth-order valence-corrected chi connectivity index (χ4v) is 3.31. The molecule has 0 saturated heterocycles. The smallest absolute Gasteiger partial charge is 0.266 e. The lowest BCUT2D eigenvalue weighted by molar-refractivity contribution is 0.936. The molecular weight excluding hydrogens is 332 g/mol. The van der Waals surface area contributed by atoms with Gasteiger partial charge in [-0.25, -0.2) is 0 Å². The first-order valence-corrected chi connectivity index (χ1v) is 7.97. The molecule has 1 aromatic carbocycles. The van der Waals surface area contributed by atoms with Crippen molar-refractivity contribution in [2.75, 3.05) is 0 Å². The van der Waals surface area contributed by atoms with Crippen LogP contribution in [0.4, 0.5) is 0 Å². The number of benzene rings is 1. The Morgan fingerprint density at radius 3 is 2.87 bits per heavy atom. The summed E-state index contributed by atoms with van der Waals surface area (Å²) in [5, 5.41) is 4.91. The monoisotopic (exact) mass is 340 g/mol. The van der Waals surface area contributed by atoms with Crippen LogP contribution in [0.1, 0.15) is 5.56 Å². The Balaban J connectivity index is 1.84. The third kappa shape index (κ3) is 2.62. The lowest BCUT2D eigenvalue weighted by Gasteiger charge is -1.92. The lowest BCUT2D eigenvalue weighted by atomic mass is 10.2. The molecule has 0 aliphatic carbocycles. The van der Waals surface area contributed by atoms with E-state index < -0.39 is 0 Å². The van der Waals surface area contributed by atoms with Gasteiger partial charge in [-0.1, -0.05) is 35.1 Å². The van der Waals surface area contributed by atoms with Gasteiger partial charge in [-0.15, -0.1) is 5.10 Å². The van der Waals surface area contributed by atoms with Crippen LogP contribution in [0.25, 0.3) is 22.4 Å². The minimum absolute atomic E-state index is 0.187. The van der Waals surface area contributed by atoms with Crippen LogP contribution in [0.3, 0.4) is 0 Å². The highest BCUT2D eigenvalue weighted by molar-refractivity contribution is 7.15. The second-order valence-electron chi connectivity index (χ2n) is 4.84. The van der Waals surface area contributed by atoms with E-state index in [9.17, 15) is 4.79 Å². The van der Waals surface area contributed by atoms with Gasteiger partial charge in [-0.3, -0.25) is 9.78 Å². The Hall–Kier alpha value is -2.57. The van der Waals surface area contributed by atoms with E-state index in [4.69, 9.17) is 11.6 Å². The van der Waals surface area contributed by atoms with E-state index in [0.717, 1.165) is 11.1 Å². The highest BCUT2D eigenvalue weighted by atomic mass is 35.5. The number of fused-ring (bicyclic) bond motifs is 1. The number of thiazole rings is 1. The molecule has 0 saturated carbocycles. The van der Waals surface area contributed by atoms with Gasteiger partial charge in [0.1, 0.15) is 0 Å². The van der Waals surface area contributed by atoms with Crippen molar-refractivity contribution in [1.82, 2.24) is 19.6 Å². The van der Waals surface area contributed by atoms with Crippen molar-refractivity contribution in [3.63, 3.8) is 0 Å². The molecule has 4 aromatic rings. The molecule has 0 aliphatic heterocycles. The van der Waals surface area contributed by atoms with Crippen molar-refractivity contribution >= 4 is 34.0 Å². The Bertz CT molecular complexity index is 1100. The second-order valence-corrected chi connectivity index (χ2v) is 6.29. The van der Waals surface area contributed by atoms with Crippen molar-refractivity contribution in [2.24, 2.45) is 0 Å². The first-order chi connectivity index (χ1) is 11.2. The third-order valence-corrected chi connectivity index (χ3v) is 4.44.